The molecule has 0 atom stereocenters. The van der Waals surface area contributed by atoms with Crippen molar-refractivity contribution in [2.45, 2.75) is 19.3 Å². The number of carboxylic acids is 1. The number of hydrogen-bond acceptors (Lipinski definition) is 2. The molecule has 0 radical (unpaired) electrons. The zero-order valence-corrected chi connectivity index (χ0v) is 8.96. The molecule has 0 spiro atoms. The summed E-state index contributed by atoms with van der Waals surface area (Å²) in [5, 5.41) is 8.30. The van der Waals surface area contributed by atoms with Crippen molar-refractivity contribution in [3.05, 3.63) is 29.3 Å². The van der Waals surface area contributed by atoms with E-state index in [1.807, 2.05) is 0 Å². The second-order valence-corrected chi connectivity index (χ2v) is 3.49. The first-order chi connectivity index (χ1) is 7.36. The molecule has 3 nitrogen and oxygen atoms in total. The molecule has 1 N–H and O–H groups in total. The summed E-state index contributed by atoms with van der Waals surface area (Å²) in [4.78, 5) is 10.3. The zero-order chi connectivity index (χ0) is 12.3. The number of ether oxygens (including phenoxy) is 1. The number of halogens is 2. The minimum Gasteiger partial charge on any atom is -0.496 e. The molecule has 1 rings (SSSR count). The van der Waals surface area contributed by atoms with E-state index < -0.39 is 18.3 Å². The minimum atomic E-state index is -3.74. The molecule has 0 fully saturated rings. The van der Waals surface area contributed by atoms with Gasteiger partial charge in [0.15, 0.2) is 0 Å². The van der Waals surface area contributed by atoms with Gasteiger partial charge in [-0.2, -0.15) is 8.78 Å². The van der Waals surface area contributed by atoms with Crippen LogP contribution in [0.5, 0.6) is 5.75 Å². The number of hydrogen-bond donors (Lipinski definition) is 1. The third kappa shape index (κ3) is 2.68. The maximum atomic E-state index is 12.9. The fourth-order valence-electron chi connectivity index (χ4n) is 1.38. The Labute approximate surface area is 91.7 Å². The number of benzene rings is 1. The van der Waals surface area contributed by atoms with E-state index in [9.17, 15) is 13.6 Å². The maximum Gasteiger partial charge on any atom is 0.374 e. The quantitative estimate of drug-likeness (QED) is 0.863. The van der Waals surface area contributed by atoms with Crippen LogP contribution in [-0.2, 0) is 11.2 Å². The van der Waals surface area contributed by atoms with E-state index in [1.165, 1.54) is 19.2 Å². The van der Waals surface area contributed by atoms with Gasteiger partial charge in [0.25, 0.3) is 0 Å². The van der Waals surface area contributed by atoms with Crippen LogP contribution < -0.4 is 4.74 Å². The van der Waals surface area contributed by atoms with E-state index in [0.717, 1.165) is 0 Å². The van der Waals surface area contributed by atoms with Gasteiger partial charge in [-0.25, -0.2) is 4.79 Å². The normalized spacial score (nSPS) is 11.2. The Balaban J connectivity index is 2.91. The summed E-state index contributed by atoms with van der Waals surface area (Å²) >= 11 is 0. The second-order valence-electron chi connectivity index (χ2n) is 3.49. The molecule has 0 saturated carbocycles. The molecule has 0 unspecified atom stereocenters. The molecule has 0 amide bonds. The van der Waals surface area contributed by atoms with Gasteiger partial charge >= 0.3 is 11.9 Å². The lowest BCUT2D eigenvalue weighted by Gasteiger charge is -2.12. The summed E-state index contributed by atoms with van der Waals surface area (Å²) in [5.41, 5.74) is 0.965. The molecule has 1 aromatic carbocycles. The Hall–Kier alpha value is -1.65. The molecule has 0 heterocycles. The predicted octanol–water partition coefficient (Wildman–Crippen LogP) is 2.27. The van der Waals surface area contributed by atoms with Crippen molar-refractivity contribution in [2.24, 2.45) is 0 Å². The number of alkyl halides is 2. The molecular weight excluding hydrogens is 218 g/mol. The third-order valence-corrected chi connectivity index (χ3v) is 2.20. The van der Waals surface area contributed by atoms with E-state index >= 15 is 0 Å². The minimum absolute atomic E-state index is 0.269. The molecule has 0 aliphatic rings. The van der Waals surface area contributed by atoms with Crippen molar-refractivity contribution in [3.8, 4) is 5.75 Å². The average molecular weight is 230 g/mol. The largest absolute Gasteiger partial charge is 0.496 e. The molecule has 0 aliphatic heterocycles. The number of carbonyl (C=O) groups is 1. The summed E-state index contributed by atoms with van der Waals surface area (Å²) in [6.07, 6.45) is -0.812. The summed E-state index contributed by atoms with van der Waals surface area (Å²) in [6.45, 7) is 1.71. The molecule has 0 bridgehead atoms. The fraction of sp³-hybridized carbons (Fsp3) is 0.364. The SMILES string of the molecule is COc1ccc(CC(F)(F)C(=O)O)cc1C. The highest BCUT2D eigenvalue weighted by Crippen LogP contribution is 2.24. The van der Waals surface area contributed by atoms with Crippen LogP contribution in [0.1, 0.15) is 11.1 Å². The Kier molecular flexibility index (Phi) is 3.47. The van der Waals surface area contributed by atoms with E-state index in [0.29, 0.717) is 11.3 Å². The van der Waals surface area contributed by atoms with Crippen molar-refractivity contribution in [2.75, 3.05) is 7.11 Å². The van der Waals surface area contributed by atoms with E-state index in [2.05, 4.69) is 0 Å². The summed E-state index contributed by atoms with van der Waals surface area (Å²) in [7, 11) is 1.48. The molecule has 0 aromatic heterocycles. The summed E-state index contributed by atoms with van der Waals surface area (Å²) < 4.78 is 30.8. The summed E-state index contributed by atoms with van der Waals surface area (Å²) in [5.74, 6) is -5.26. The molecule has 0 aliphatic carbocycles. The van der Waals surface area contributed by atoms with Gasteiger partial charge in [0.2, 0.25) is 0 Å². The van der Waals surface area contributed by atoms with Gasteiger partial charge in [0.05, 0.1) is 7.11 Å². The number of carboxylic acid groups (broad SMARTS) is 1. The molecular formula is C11H12F2O3. The Bertz CT molecular complexity index is 402. The van der Waals surface area contributed by atoms with Crippen LogP contribution in [0.3, 0.4) is 0 Å². The van der Waals surface area contributed by atoms with Gasteiger partial charge in [-0.05, 0) is 24.1 Å². The first kappa shape index (κ1) is 12.4. The van der Waals surface area contributed by atoms with Crippen LogP contribution in [0.15, 0.2) is 18.2 Å². The number of methoxy groups -OCH3 is 1. The van der Waals surface area contributed by atoms with Crippen LogP contribution in [0.4, 0.5) is 8.78 Å². The highest BCUT2D eigenvalue weighted by atomic mass is 19.3. The van der Waals surface area contributed by atoms with Crippen molar-refractivity contribution < 1.29 is 23.4 Å². The van der Waals surface area contributed by atoms with Crippen molar-refractivity contribution in [1.82, 2.24) is 0 Å². The Morgan fingerprint density at radius 2 is 2.12 bits per heavy atom. The van der Waals surface area contributed by atoms with E-state index in [1.54, 1.807) is 13.0 Å². The Morgan fingerprint density at radius 1 is 1.50 bits per heavy atom. The predicted molar refractivity (Wildman–Crippen MR) is 54.0 cm³/mol. The first-order valence-corrected chi connectivity index (χ1v) is 4.61. The molecule has 16 heavy (non-hydrogen) atoms. The van der Waals surface area contributed by atoms with Gasteiger partial charge < -0.3 is 9.84 Å². The van der Waals surface area contributed by atoms with Crippen LogP contribution in [0, 0.1) is 6.92 Å². The standard InChI is InChI=1S/C11H12F2O3/c1-7-5-8(3-4-9(7)16-2)6-11(12,13)10(14)15/h3-5H,6H2,1-2H3,(H,14,15). The van der Waals surface area contributed by atoms with Gasteiger partial charge in [-0.3, -0.25) is 0 Å². The summed E-state index contributed by atoms with van der Waals surface area (Å²) in [6, 6.07) is 4.47. The lowest BCUT2D eigenvalue weighted by molar-refractivity contribution is -0.164. The third-order valence-electron chi connectivity index (χ3n) is 2.20. The van der Waals surface area contributed by atoms with Crippen LogP contribution in [0.2, 0.25) is 0 Å². The van der Waals surface area contributed by atoms with Crippen LogP contribution in [-0.4, -0.2) is 24.1 Å². The van der Waals surface area contributed by atoms with Gasteiger partial charge in [0, 0.05) is 6.42 Å². The number of aryl methyl sites for hydroxylation is 1. The zero-order valence-electron chi connectivity index (χ0n) is 8.96. The van der Waals surface area contributed by atoms with E-state index in [4.69, 9.17) is 9.84 Å². The van der Waals surface area contributed by atoms with Crippen molar-refractivity contribution in [3.63, 3.8) is 0 Å². The van der Waals surface area contributed by atoms with Crippen molar-refractivity contribution >= 4 is 5.97 Å². The number of rotatable bonds is 4. The van der Waals surface area contributed by atoms with Gasteiger partial charge in [0.1, 0.15) is 5.75 Å². The maximum absolute atomic E-state index is 12.9. The highest BCUT2D eigenvalue weighted by Gasteiger charge is 2.38. The lowest BCUT2D eigenvalue weighted by Crippen LogP contribution is -2.30. The van der Waals surface area contributed by atoms with Gasteiger partial charge in [-0.15, -0.1) is 0 Å². The molecule has 5 heteroatoms. The van der Waals surface area contributed by atoms with Crippen molar-refractivity contribution in [1.29, 1.82) is 0 Å². The van der Waals surface area contributed by atoms with Crippen LogP contribution >= 0.6 is 0 Å². The molecule has 1 aromatic rings. The molecule has 0 saturated heterocycles. The van der Waals surface area contributed by atoms with Crippen LogP contribution in [0.25, 0.3) is 0 Å². The fourth-order valence-corrected chi connectivity index (χ4v) is 1.38. The van der Waals surface area contributed by atoms with E-state index in [-0.39, 0.29) is 5.56 Å². The first-order valence-electron chi connectivity index (χ1n) is 4.61. The molecule has 88 valence electrons. The Morgan fingerprint density at radius 3 is 2.56 bits per heavy atom. The second kappa shape index (κ2) is 4.47. The average Bonchev–Trinajstić information content (AvgIpc) is 2.17. The van der Waals surface area contributed by atoms with Gasteiger partial charge in [-0.1, -0.05) is 12.1 Å². The smallest absolute Gasteiger partial charge is 0.374 e. The monoisotopic (exact) mass is 230 g/mol. The number of aliphatic carboxylic acids is 1. The highest BCUT2D eigenvalue weighted by molar-refractivity contribution is 5.75. The topological polar surface area (TPSA) is 46.5 Å². The lowest BCUT2D eigenvalue weighted by atomic mass is 10.0.